The quantitative estimate of drug-likeness (QED) is 0.819. The number of pyridine rings is 1. The molecule has 0 amide bonds. The molecule has 0 spiro atoms. The normalized spacial score (nSPS) is 11.6. The van der Waals surface area contributed by atoms with Gasteiger partial charge in [0.05, 0.1) is 5.69 Å². The van der Waals surface area contributed by atoms with E-state index in [9.17, 15) is 4.79 Å². The number of carbonyl (C=O) groups is 1. The lowest BCUT2D eigenvalue weighted by Gasteiger charge is -2.23. The zero-order chi connectivity index (χ0) is 13.3. The van der Waals surface area contributed by atoms with Gasteiger partial charge in [0.1, 0.15) is 11.2 Å². The number of Topliss-reactive ketones (excluding diaryl/α,β-unsaturated/α-hetero) is 1. The lowest BCUT2D eigenvalue weighted by Crippen LogP contribution is -2.36. The molecule has 0 atom stereocenters. The van der Waals surface area contributed by atoms with Gasteiger partial charge in [-0.3, -0.25) is 14.5 Å². The molecule has 5 heteroatoms. The summed E-state index contributed by atoms with van der Waals surface area (Å²) in [4.78, 5) is 16.6. The molecule has 0 unspecified atom stereocenters. The van der Waals surface area contributed by atoms with Crippen LogP contribution in [0.25, 0.3) is 0 Å². The van der Waals surface area contributed by atoms with E-state index in [4.69, 9.17) is 0 Å². The Bertz CT molecular complexity index is 572. The average molecular weight is 308 g/mol. The van der Waals surface area contributed by atoms with Crippen LogP contribution in [0.4, 0.5) is 0 Å². The number of hydrogen-bond donors (Lipinski definition) is 0. The van der Waals surface area contributed by atoms with Gasteiger partial charge in [-0.2, -0.15) is 5.10 Å². The summed E-state index contributed by atoms with van der Waals surface area (Å²) < 4.78 is 2.53. The fraction of sp³-hybridized carbons (Fsp3) is 0.308. The molecule has 4 nitrogen and oxygen atoms in total. The minimum absolute atomic E-state index is 0.0573. The van der Waals surface area contributed by atoms with Crippen LogP contribution in [0.2, 0.25) is 0 Å². The molecule has 0 aliphatic heterocycles. The zero-order valence-electron chi connectivity index (χ0n) is 10.5. The number of hydrogen-bond acceptors (Lipinski definition) is 3. The molecule has 2 rings (SSSR count). The minimum Gasteiger partial charge on any atom is -0.290 e. The number of aromatic nitrogens is 3. The first-order valence-corrected chi connectivity index (χ1v) is 6.39. The largest absolute Gasteiger partial charge is 0.290 e. The summed E-state index contributed by atoms with van der Waals surface area (Å²) in [5.41, 5.74) is 0.589. The lowest BCUT2D eigenvalue weighted by atomic mass is 9.96. The van der Waals surface area contributed by atoms with Crippen molar-refractivity contribution in [3.8, 4) is 0 Å². The standard InChI is InChI=1S/C13H14BrN3O/c1-9-6-7-17(16-9)13(2,3)12(18)11-5-4-10(14)8-15-11/h4-8H,1-3H3. The Morgan fingerprint density at radius 1 is 1.33 bits per heavy atom. The van der Waals surface area contributed by atoms with Crippen LogP contribution in [0.3, 0.4) is 0 Å². The van der Waals surface area contributed by atoms with Gasteiger partial charge in [-0.25, -0.2) is 0 Å². The van der Waals surface area contributed by atoms with Crippen LogP contribution in [0.1, 0.15) is 30.0 Å². The summed E-state index contributed by atoms with van der Waals surface area (Å²) in [7, 11) is 0. The molecule has 94 valence electrons. The summed E-state index contributed by atoms with van der Waals surface area (Å²) in [6, 6.07) is 5.40. The van der Waals surface area contributed by atoms with Gasteiger partial charge >= 0.3 is 0 Å². The molecule has 2 aromatic heterocycles. The van der Waals surface area contributed by atoms with Gasteiger partial charge in [-0.1, -0.05) is 0 Å². The van der Waals surface area contributed by atoms with E-state index in [0.717, 1.165) is 10.2 Å². The minimum atomic E-state index is -0.741. The Morgan fingerprint density at radius 2 is 2.06 bits per heavy atom. The summed E-state index contributed by atoms with van der Waals surface area (Å²) >= 11 is 3.30. The first-order valence-electron chi connectivity index (χ1n) is 5.60. The molecule has 0 radical (unpaired) electrons. The summed E-state index contributed by atoms with van der Waals surface area (Å²) in [6.45, 7) is 5.58. The zero-order valence-corrected chi connectivity index (χ0v) is 12.1. The van der Waals surface area contributed by atoms with E-state index in [2.05, 4.69) is 26.0 Å². The van der Waals surface area contributed by atoms with Crippen LogP contribution >= 0.6 is 15.9 Å². The van der Waals surface area contributed by atoms with Crippen molar-refractivity contribution in [3.63, 3.8) is 0 Å². The van der Waals surface area contributed by atoms with Crippen LogP contribution < -0.4 is 0 Å². The molecule has 0 aliphatic carbocycles. The SMILES string of the molecule is Cc1ccn(C(C)(C)C(=O)c2ccc(Br)cn2)n1. The van der Waals surface area contributed by atoms with Crippen molar-refractivity contribution >= 4 is 21.7 Å². The van der Waals surface area contributed by atoms with Crippen LogP contribution in [0.15, 0.2) is 35.1 Å². The molecular formula is C13H14BrN3O. The third kappa shape index (κ3) is 2.36. The number of aryl methyl sites for hydroxylation is 1. The molecule has 0 bridgehead atoms. The van der Waals surface area contributed by atoms with Gasteiger partial charge in [0.2, 0.25) is 5.78 Å². The van der Waals surface area contributed by atoms with E-state index in [-0.39, 0.29) is 5.78 Å². The first-order chi connectivity index (χ1) is 8.41. The van der Waals surface area contributed by atoms with Gasteiger partial charge in [-0.15, -0.1) is 0 Å². The second-order valence-electron chi connectivity index (χ2n) is 4.65. The van der Waals surface area contributed by atoms with Crippen LogP contribution in [0, 0.1) is 6.92 Å². The summed E-state index contributed by atoms with van der Waals surface area (Å²) in [5, 5.41) is 4.31. The maximum Gasteiger partial charge on any atom is 0.208 e. The molecule has 0 saturated carbocycles. The Labute approximate surface area is 114 Å². The van der Waals surface area contributed by atoms with Crippen molar-refractivity contribution in [3.05, 3.63) is 46.5 Å². The topological polar surface area (TPSA) is 47.8 Å². The number of nitrogens with zero attached hydrogens (tertiary/aromatic N) is 3. The highest BCUT2D eigenvalue weighted by atomic mass is 79.9. The van der Waals surface area contributed by atoms with Crippen molar-refractivity contribution in [2.75, 3.05) is 0 Å². The molecular weight excluding hydrogens is 294 g/mol. The third-order valence-electron chi connectivity index (χ3n) is 2.81. The monoisotopic (exact) mass is 307 g/mol. The molecule has 2 aromatic rings. The van der Waals surface area contributed by atoms with Crippen molar-refractivity contribution in [1.29, 1.82) is 0 Å². The predicted molar refractivity (Wildman–Crippen MR) is 72.6 cm³/mol. The second-order valence-corrected chi connectivity index (χ2v) is 5.57. The van der Waals surface area contributed by atoms with Crippen LogP contribution in [-0.2, 0) is 5.54 Å². The van der Waals surface area contributed by atoms with Crippen molar-refractivity contribution in [2.24, 2.45) is 0 Å². The van der Waals surface area contributed by atoms with Gasteiger partial charge in [0.15, 0.2) is 0 Å². The van der Waals surface area contributed by atoms with Crippen molar-refractivity contribution < 1.29 is 4.79 Å². The smallest absolute Gasteiger partial charge is 0.208 e. The highest BCUT2D eigenvalue weighted by Gasteiger charge is 2.32. The molecule has 0 saturated heterocycles. The number of rotatable bonds is 3. The van der Waals surface area contributed by atoms with Crippen LogP contribution in [0.5, 0.6) is 0 Å². The fourth-order valence-electron chi connectivity index (χ4n) is 1.65. The second kappa shape index (κ2) is 4.65. The molecule has 0 aliphatic rings. The van der Waals surface area contributed by atoms with Crippen molar-refractivity contribution in [1.82, 2.24) is 14.8 Å². The van der Waals surface area contributed by atoms with Crippen LogP contribution in [-0.4, -0.2) is 20.5 Å². The number of carbonyl (C=O) groups excluding carboxylic acids is 1. The van der Waals surface area contributed by atoms with Gasteiger partial charge in [-0.05, 0) is 54.9 Å². The van der Waals surface area contributed by atoms with Crippen molar-refractivity contribution in [2.45, 2.75) is 26.3 Å². The highest BCUT2D eigenvalue weighted by Crippen LogP contribution is 2.20. The lowest BCUT2D eigenvalue weighted by molar-refractivity contribution is 0.0827. The molecule has 0 aromatic carbocycles. The first kappa shape index (κ1) is 13.0. The number of halogens is 1. The van der Waals surface area contributed by atoms with E-state index in [1.807, 2.05) is 39.1 Å². The molecule has 0 N–H and O–H groups in total. The van der Waals surface area contributed by atoms with E-state index in [1.165, 1.54) is 0 Å². The van der Waals surface area contributed by atoms with Gasteiger partial charge < -0.3 is 0 Å². The predicted octanol–water partition coefficient (Wildman–Crippen LogP) is 2.97. The van der Waals surface area contributed by atoms with E-state index in [0.29, 0.717) is 5.69 Å². The summed E-state index contributed by atoms with van der Waals surface area (Å²) in [6.07, 6.45) is 3.43. The average Bonchev–Trinajstić information content (AvgIpc) is 2.76. The Balaban J connectivity index is 2.35. The fourth-order valence-corrected chi connectivity index (χ4v) is 1.89. The Kier molecular flexibility index (Phi) is 3.34. The van der Waals surface area contributed by atoms with E-state index < -0.39 is 5.54 Å². The Hall–Kier alpha value is -1.49. The van der Waals surface area contributed by atoms with E-state index >= 15 is 0 Å². The Morgan fingerprint density at radius 3 is 2.56 bits per heavy atom. The number of ketones is 1. The maximum atomic E-state index is 12.4. The molecule has 2 heterocycles. The van der Waals surface area contributed by atoms with E-state index in [1.54, 1.807) is 16.9 Å². The highest BCUT2D eigenvalue weighted by molar-refractivity contribution is 9.10. The molecule has 0 fully saturated rings. The molecule has 18 heavy (non-hydrogen) atoms. The summed E-state index contributed by atoms with van der Waals surface area (Å²) in [5.74, 6) is -0.0573. The maximum absolute atomic E-state index is 12.4. The third-order valence-corrected chi connectivity index (χ3v) is 3.28. The van der Waals surface area contributed by atoms with Gasteiger partial charge in [0, 0.05) is 16.9 Å². The van der Waals surface area contributed by atoms with Gasteiger partial charge in [0.25, 0.3) is 0 Å².